The predicted molar refractivity (Wildman–Crippen MR) is 104 cm³/mol. The molecule has 1 aliphatic heterocycles. The molecule has 1 aliphatic carbocycles. The van der Waals surface area contributed by atoms with Crippen molar-refractivity contribution in [3.8, 4) is 0 Å². The lowest BCUT2D eigenvalue weighted by Gasteiger charge is -2.20. The van der Waals surface area contributed by atoms with Crippen LogP contribution in [0.15, 0.2) is 0 Å². The quantitative estimate of drug-likeness (QED) is 0.782. The van der Waals surface area contributed by atoms with Crippen LogP contribution in [0, 0.1) is 0 Å². The summed E-state index contributed by atoms with van der Waals surface area (Å²) in [7, 11) is 0. The number of carbonyl (C=O) groups is 2. The van der Waals surface area contributed by atoms with Crippen LogP contribution in [0.25, 0.3) is 0 Å². The summed E-state index contributed by atoms with van der Waals surface area (Å²) in [6.45, 7) is 3.79. The lowest BCUT2D eigenvalue weighted by molar-refractivity contribution is -0.115. The summed E-state index contributed by atoms with van der Waals surface area (Å²) in [6, 6.07) is 0. The monoisotopic (exact) mass is 383 g/mol. The Morgan fingerprint density at radius 2 is 2.00 bits per heavy atom. The highest BCUT2D eigenvalue weighted by atomic mass is 32.2. The Morgan fingerprint density at radius 3 is 2.67 bits per heavy atom. The van der Waals surface area contributed by atoms with Crippen LogP contribution >= 0.6 is 35.3 Å². The normalized spacial score (nSPS) is 17.6. The van der Waals surface area contributed by atoms with E-state index < -0.39 is 5.91 Å². The minimum Gasteiger partial charge on any atom is -0.365 e. The molecule has 1 aromatic rings. The van der Waals surface area contributed by atoms with E-state index in [0.717, 1.165) is 55.1 Å². The number of nitrogens with one attached hydrogen (secondary N) is 1. The van der Waals surface area contributed by atoms with E-state index in [1.807, 2.05) is 6.92 Å². The Hall–Kier alpha value is -1.12. The van der Waals surface area contributed by atoms with E-state index in [2.05, 4.69) is 10.2 Å². The summed E-state index contributed by atoms with van der Waals surface area (Å²) in [5.74, 6) is -0.596. The van der Waals surface area contributed by atoms with Crippen LogP contribution in [0.1, 0.15) is 47.0 Å². The Kier molecular flexibility index (Phi) is 5.46. The van der Waals surface area contributed by atoms with Gasteiger partial charge in [-0.2, -0.15) is 0 Å². The van der Waals surface area contributed by atoms with Gasteiger partial charge in [0.1, 0.15) is 9.32 Å². The molecule has 0 radical (unpaired) electrons. The molecule has 3 rings (SSSR count). The number of thiocarbonyl (C=S) groups is 1. The third-order valence-corrected chi connectivity index (χ3v) is 7.20. The van der Waals surface area contributed by atoms with E-state index in [4.69, 9.17) is 18.0 Å². The van der Waals surface area contributed by atoms with Crippen molar-refractivity contribution in [2.24, 2.45) is 5.73 Å². The number of thioether (sulfide) groups is 1. The first-order valence-electron chi connectivity index (χ1n) is 8.18. The number of primary amides is 1. The van der Waals surface area contributed by atoms with Gasteiger partial charge in [0.2, 0.25) is 5.91 Å². The number of likely N-dealkylation sites (tertiary alicyclic amines) is 1. The van der Waals surface area contributed by atoms with Gasteiger partial charge < -0.3 is 16.0 Å². The zero-order chi connectivity index (χ0) is 17.3. The van der Waals surface area contributed by atoms with Gasteiger partial charge in [-0.15, -0.1) is 11.3 Å². The summed E-state index contributed by atoms with van der Waals surface area (Å²) in [5, 5.41) is 3.18. The first-order valence-corrected chi connectivity index (χ1v) is 10.3. The van der Waals surface area contributed by atoms with Crippen LogP contribution < -0.4 is 11.1 Å². The van der Waals surface area contributed by atoms with E-state index in [9.17, 15) is 9.59 Å². The SMILES string of the molecule is C[C@H](SC(=S)N1CCCC1)C(=O)Nc1sc2c(c1C(N)=O)CCC2. The molecule has 0 saturated carbocycles. The molecule has 0 aromatic carbocycles. The number of nitrogens with zero attached hydrogens (tertiary/aromatic N) is 1. The third-order valence-electron chi connectivity index (χ3n) is 4.42. The minimum absolute atomic E-state index is 0.135. The number of rotatable bonds is 4. The lowest BCUT2D eigenvalue weighted by Crippen LogP contribution is -2.29. The highest BCUT2D eigenvalue weighted by Gasteiger charge is 2.28. The number of hydrogen-bond donors (Lipinski definition) is 2. The van der Waals surface area contributed by atoms with Crippen molar-refractivity contribution in [3.05, 3.63) is 16.0 Å². The van der Waals surface area contributed by atoms with Gasteiger partial charge in [0.25, 0.3) is 5.91 Å². The molecule has 1 aromatic heterocycles. The Balaban J connectivity index is 1.66. The first-order chi connectivity index (χ1) is 11.5. The average molecular weight is 384 g/mol. The predicted octanol–water partition coefficient (Wildman–Crippen LogP) is 2.78. The second-order valence-electron chi connectivity index (χ2n) is 6.14. The van der Waals surface area contributed by atoms with Gasteiger partial charge in [-0.05, 0) is 44.6 Å². The maximum Gasteiger partial charge on any atom is 0.251 e. The van der Waals surface area contributed by atoms with Gasteiger partial charge in [-0.25, -0.2) is 0 Å². The standard InChI is InChI=1S/C16H21N3O2S3/c1-9(23-16(22)19-7-2-3-8-19)14(21)18-15-12(13(17)20)10-5-4-6-11(10)24-15/h9H,2-8H2,1H3,(H2,17,20)(H,18,21)/t9-/m0/s1. The Labute approximate surface area is 155 Å². The summed E-state index contributed by atoms with van der Waals surface area (Å²) in [6.07, 6.45) is 5.18. The maximum atomic E-state index is 12.5. The zero-order valence-corrected chi connectivity index (χ0v) is 16.0. The van der Waals surface area contributed by atoms with Gasteiger partial charge in [-0.1, -0.05) is 24.0 Å². The number of aryl methyl sites for hydroxylation is 1. The first kappa shape index (κ1) is 17.7. The van der Waals surface area contributed by atoms with Gasteiger partial charge in [-0.3, -0.25) is 9.59 Å². The topological polar surface area (TPSA) is 75.4 Å². The molecule has 3 N–H and O–H groups in total. The molecule has 5 nitrogen and oxygen atoms in total. The fraction of sp³-hybridized carbons (Fsp3) is 0.562. The molecule has 0 unspecified atom stereocenters. The molecule has 1 saturated heterocycles. The Bertz CT molecular complexity index is 680. The maximum absolute atomic E-state index is 12.5. The van der Waals surface area contributed by atoms with Crippen LogP contribution in [0.2, 0.25) is 0 Å². The largest absolute Gasteiger partial charge is 0.365 e. The molecule has 2 amide bonds. The lowest BCUT2D eigenvalue weighted by atomic mass is 10.1. The summed E-state index contributed by atoms with van der Waals surface area (Å²) < 4.78 is 0.777. The molecule has 2 aliphatic rings. The molecule has 8 heteroatoms. The summed E-state index contributed by atoms with van der Waals surface area (Å²) >= 11 is 8.32. The minimum atomic E-state index is -0.461. The van der Waals surface area contributed by atoms with Crippen LogP contribution in [-0.2, 0) is 17.6 Å². The highest BCUT2D eigenvalue weighted by molar-refractivity contribution is 8.23. The number of nitrogens with two attached hydrogens (primary N) is 1. The molecule has 0 bridgehead atoms. The number of fused-ring (bicyclic) bond motifs is 1. The van der Waals surface area contributed by atoms with Gasteiger partial charge in [0.15, 0.2) is 0 Å². The van der Waals surface area contributed by atoms with Crippen molar-refractivity contribution in [2.45, 2.75) is 44.3 Å². The van der Waals surface area contributed by atoms with E-state index in [0.29, 0.717) is 10.6 Å². The van der Waals surface area contributed by atoms with Crippen molar-refractivity contribution >= 4 is 56.5 Å². The molecule has 1 fully saturated rings. The second-order valence-corrected chi connectivity index (χ2v) is 9.21. The molecular weight excluding hydrogens is 362 g/mol. The van der Waals surface area contributed by atoms with Crippen molar-refractivity contribution in [2.75, 3.05) is 18.4 Å². The van der Waals surface area contributed by atoms with Crippen LogP contribution in [0.5, 0.6) is 0 Å². The van der Waals surface area contributed by atoms with Gasteiger partial charge in [0, 0.05) is 18.0 Å². The molecule has 130 valence electrons. The zero-order valence-electron chi connectivity index (χ0n) is 13.6. The van der Waals surface area contributed by atoms with E-state index in [-0.39, 0.29) is 11.2 Å². The van der Waals surface area contributed by atoms with Crippen LogP contribution in [-0.4, -0.2) is 39.4 Å². The Morgan fingerprint density at radius 1 is 1.29 bits per heavy atom. The average Bonchev–Trinajstić information content (AvgIpc) is 3.22. The van der Waals surface area contributed by atoms with E-state index >= 15 is 0 Å². The fourth-order valence-corrected chi connectivity index (χ4v) is 5.86. The molecule has 24 heavy (non-hydrogen) atoms. The number of anilines is 1. The summed E-state index contributed by atoms with van der Waals surface area (Å²) in [5.41, 5.74) is 7.06. The van der Waals surface area contributed by atoms with E-state index in [1.165, 1.54) is 28.0 Å². The number of amides is 2. The number of carbonyl (C=O) groups excluding carboxylic acids is 2. The highest BCUT2D eigenvalue weighted by Crippen LogP contribution is 2.39. The van der Waals surface area contributed by atoms with E-state index in [1.54, 1.807) is 0 Å². The van der Waals surface area contributed by atoms with Gasteiger partial charge in [0.05, 0.1) is 10.8 Å². The van der Waals surface area contributed by atoms with Crippen molar-refractivity contribution < 1.29 is 9.59 Å². The second kappa shape index (κ2) is 7.41. The molecular formula is C16H21N3O2S3. The van der Waals surface area contributed by atoms with Crippen LogP contribution in [0.3, 0.4) is 0 Å². The number of hydrogen-bond acceptors (Lipinski definition) is 5. The van der Waals surface area contributed by atoms with Crippen LogP contribution in [0.4, 0.5) is 5.00 Å². The van der Waals surface area contributed by atoms with Crippen molar-refractivity contribution in [3.63, 3.8) is 0 Å². The number of thiophene rings is 1. The summed E-state index contributed by atoms with van der Waals surface area (Å²) in [4.78, 5) is 27.6. The molecule has 1 atom stereocenters. The third kappa shape index (κ3) is 3.60. The van der Waals surface area contributed by atoms with Crippen molar-refractivity contribution in [1.82, 2.24) is 4.90 Å². The molecule has 2 heterocycles. The fourth-order valence-electron chi connectivity index (χ4n) is 3.15. The van der Waals surface area contributed by atoms with Crippen molar-refractivity contribution in [1.29, 1.82) is 0 Å². The smallest absolute Gasteiger partial charge is 0.251 e. The van der Waals surface area contributed by atoms with Gasteiger partial charge >= 0.3 is 0 Å². The molecule has 0 spiro atoms.